The van der Waals surface area contributed by atoms with Crippen molar-refractivity contribution in [3.05, 3.63) is 11.7 Å². The molecule has 1 aromatic heterocycles. The molecule has 4 nitrogen and oxygen atoms in total. The van der Waals surface area contributed by atoms with E-state index in [1.807, 2.05) is 0 Å². The second kappa shape index (κ2) is 3.55. The molecule has 2 heterocycles. The lowest BCUT2D eigenvalue weighted by Gasteiger charge is -2.19. The molecule has 4 heteroatoms. The molecule has 0 bridgehead atoms. The van der Waals surface area contributed by atoms with E-state index >= 15 is 0 Å². The van der Waals surface area contributed by atoms with E-state index < -0.39 is 0 Å². The standard InChI is InChI=1S/C12H19N3O/c1-12(2)7-8(12)11-14-10(15-16-11)9-5-3-4-6-13-9/h8-9,13H,3-7H2,1-2H3. The fraction of sp³-hybridized carbons (Fsp3) is 0.833. The number of nitrogens with one attached hydrogen (secondary N) is 1. The summed E-state index contributed by atoms with van der Waals surface area (Å²) in [6.45, 7) is 5.57. The van der Waals surface area contributed by atoms with Gasteiger partial charge in [0.2, 0.25) is 5.89 Å². The van der Waals surface area contributed by atoms with E-state index in [0.717, 1.165) is 24.7 Å². The van der Waals surface area contributed by atoms with Crippen LogP contribution in [0.15, 0.2) is 4.52 Å². The van der Waals surface area contributed by atoms with Crippen molar-refractivity contribution in [2.45, 2.75) is 51.5 Å². The van der Waals surface area contributed by atoms with Gasteiger partial charge >= 0.3 is 0 Å². The van der Waals surface area contributed by atoms with Crippen molar-refractivity contribution in [1.29, 1.82) is 0 Å². The lowest BCUT2D eigenvalue weighted by molar-refractivity contribution is 0.343. The summed E-state index contributed by atoms with van der Waals surface area (Å²) >= 11 is 0. The van der Waals surface area contributed by atoms with Gasteiger partial charge in [-0.15, -0.1) is 0 Å². The third-order valence-electron chi connectivity index (χ3n) is 3.89. The van der Waals surface area contributed by atoms with Gasteiger partial charge in [0, 0.05) is 5.92 Å². The van der Waals surface area contributed by atoms with Crippen LogP contribution in [0.1, 0.15) is 63.2 Å². The van der Waals surface area contributed by atoms with Gasteiger partial charge in [-0.2, -0.15) is 4.98 Å². The molecule has 88 valence electrons. The van der Waals surface area contributed by atoms with Crippen LogP contribution in [0.3, 0.4) is 0 Å². The second-order valence-corrected chi connectivity index (χ2v) is 5.74. The fourth-order valence-corrected chi connectivity index (χ4v) is 2.49. The molecule has 16 heavy (non-hydrogen) atoms. The molecule has 1 aromatic rings. The van der Waals surface area contributed by atoms with Gasteiger partial charge in [0.15, 0.2) is 5.82 Å². The summed E-state index contributed by atoms with van der Waals surface area (Å²) in [6, 6.07) is 0.313. The van der Waals surface area contributed by atoms with Gasteiger partial charge in [0.1, 0.15) is 0 Å². The van der Waals surface area contributed by atoms with E-state index in [4.69, 9.17) is 4.52 Å². The third-order valence-corrected chi connectivity index (χ3v) is 3.89. The minimum absolute atomic E-state index is 0.313. The molecule has 2 unspecified atom stereocenters. The lowest BCUT2D eigenvalue weighted by Crippen LogP contribution is -2.27. The van der Waals surface area contributed by atoms with Crippen molar-refractivity contribution in [3.8, 4) is 0 Å². The van der Waals surface area contributed by atoms with Crippen LogP contribution in [-0.4, -0.2) is 16.7 Å². The summed E-state index contributed by atoms with van der Waals surface area (Å²) in [5, 5.41) is 7.56. The van der Waals surface area contributed by atoms with E-state index in [1.165, 1.54) is 19.3 Å². The number of nitrogens with zero attached hydrogens (tertiary/aromatic N) is 2. The Bertz CT molecular complexity index is 379. The van der Waals surface area contributed by atoms with Crippen molar-refractivity contribution in [1.82, 2.24) is 15.5 Å². The first-order valence-electron chi connectivity index (χ1n) is 6.24. The first-order valence-corrected chi connectivity index (χ1v) is 6.24. The Kier molecular flexibility index (Phi) is 2.28. The zero-order valence-corrected chi connectivity index (χ0v) is 9.99. The Morgan fingerprint density at radius 3 is 2.81 bits per heavy atom. The number of aromatic nitrogens is 2. The summed E-state index contributed by atoms with van der Waals surface area (Å²) in [7, 11) is 0. The van der Waals surface area contributed by atoms with Crippen LogP contribution in [-0.2, 0) is 0 Å². The molecule has 2 fully saturated rings. The molecule has 0 spiro atoms. The molecule has 1 saturated heterocycles. The molecule has 1 aliphatic heterocycles. The van der Waals surface area contributed by atoms with Gasteiger partial charge in [-0.3, -0.25) is 0 Å². The molecule has 0 aromatic carbocycles. The highest BCUT2D eigenvalue weighted by molar-refractivity contribution is 5.13. The Labute approximate surface area is 95.8 Å². The van der Waals surface area contributed by atoms with Crippen molar-refractivity contribution in [3.63, 3.8) is 0 Å². The van der Waals surface area contributed by atoms with Crippen LogP contribution in [0.2, 0.25) is 0 Å². The minimum Gasteiger partial charge on any atom is -0.339 e. The van der Waals surface area contributed by atoms with Gasteiger partial charge in [0.25, 0.3) is 0 Å². The van der Waals surface area contributed by atoms with Crippen LogP contribution in [0.25, 0.3) is 0 Å². The molecule has 1 N–H and O–H groups in total. The van der Waals surface area contributed by atoms with Gasteiger partial charge in [-0.1, -0.05) is 25.4 Å². The molecular weight excluding hydrogens is 202 g/mol. The van der Waals surface area contributed by atoms with Crippen LogP contribution in [0, 0.1) is 5.41 Å². The molecule has 2 atom stereocenters. The average Bonchev–Trinajstić information content (AvgIpc) is 2.76. The second-order valence-electron chi connectivity index (χ2n) is 5.74. The Morgan fingerprint density at radius 1 is 1.38 bits per heavy atom. The van der Waals surface area contributed by atoms with Gasteiger partial charge in [0.05, 0.1) is 6.04 Å². The van der Waals surface area contributed by atoms with Crippen molar-refractivity contribution >= 4 is 0 Å². The van der Waals surface area contributed by atoms with Crippen LogP contribution >= 0.6 is 0 Å². The number of piperidine rings is 1. The average molecular weight is 221 g/mol. The molecule has 0 radical (unpaired) electrons. The summed E-state index contributed by atoms with van der Waals surface area (Å²) in [4.78, 5) is 4.55. The molecule has 3 rings (SSSR count). The normalized spacial score (nSPS) is 32.6. The largest absolute Gasteiger partial charge is 0.339 e. The monoisotopic (exact) mass is 221 g/mol. The third kappa shape index (κ3) is 1.75. The van der Waals surface area contributed by atoms with E-state index in [0.29, 0.717) is 17.4 Å². The number of rotatable bonds is 2. The summed E-state index contributed by atoms with van der Waals surface area (Å²) in [5.74, 6) is 2.18. The van der Waals surface area contributed by atoms with Gasteiger partial charge in [-0.25, -0.2) is 0 Å². The highest BCUT2D eigenvalue weighted by atomic mass is 16.5. The minimum atomic E-state index is 0.313. The summed E-state index contributed by atoms with van der Waals surface area (Å²) in [6.07, 6.45) is 4.83. The quantitative estimate of drug-likeness (QED) is 0.833. The van der Waals surface area contributed by atoms with Crippen LogP contribution in [0.4, 0.5) is 0 Å². The van der Waals surface area contributed by atoms with Crippen molar-refractivity contribution in [2.75, 3.05) is 6.54 Å². The summed E-state index contributed by atoms with van der Waals surface area (Å²) < 4.78 is 5.38. The first-order chi connectivity index (χ1) is 7.67. The molecular formula is C12H19N3O. The molecule has 0 amide bonds. The molecule has 1 saturated carbocycles. The maximum absolute atomic E-state index is 5.38. The van der Waals surface area contributed by atoms with E-state index in [1.54, 1.807) is 0 Å². The topological polar surface area (TPSA) is 51.0 Å². The number of hydrogen-bond acceptors (Lipinski definition) is 4. The lowest BCUT2D eigenvalue weighted by atomic mass is 10.0. The van der Waals surface area contributed by atoms with E-state index in [-0.39, 0.29) is 0 Å². The SMILES string of the molecule is CC1(C)CC1c1nc(C2CCCCN2)no1. The van der Waals surface area contributed by atoms with E-state index in [9.17, 15) is 0 Å². The molecule has 1 aliphatic carbocycles. The van der Waals surface area contributed by atoms with Crippen molar-refractivity contribution in [2.24, 2.45) is 5.41 Å². The predicted molar refractivity (Wildman–Crippen MR) is 60.0 cm³/mol. The maximum Gasteiger partial charge on any atom is 0.230 e. The fourth-order valence-electron chi connectivity index (χ4n) is 2.49. The van der Waals surface area contributed by atoms with Crippen LogP contribution in [0.5, 0.6) is 0 Å². The maximum atomic E-state index is 5.38. The molecule has 2 aliphatic rings. The highest BCUT2D eigenvalue weighted by Crippen LogP contribution is 2.58. The predicted octanol–water partition coefficient (Wildman–Crippen LogP) is 2.40. The zero-order chi connectivity index (χ0) is 11.2. The zero-order valence-electron chi connectivity index (χ0n) is 9.99. The number of hydrogen-bond donors (Lipinski definition) is 1. The first kappa shape index (κ1) is 10.3. The van der Waals surface area contributed by atoms with Gasteiger partial charge in [-0.05, 0) is 31.2 Å². The summed E-state index contributed by atoms with van der Waals surface area (Å²) in [5.41, 5.74) is 0.365. The van der Waals surface area contributed by atoms with E-state index in [2.05, 4.69) is 29.3 Å². The Balaban J connectivity index is 1.72. The Morgan fingerprint density at radius 2 is 2.19 bits per heavy atom. The highest BCUT2D eigenvalue weighted by Gasteiger charge is 2.50. The smallest absolute Gasteiger partial charge is 0.230 e. The van der Waals surface area contributed by atoms with Gasteiger partial charge < -0.3 is 9.84 Å². The van der Waals surface area contributed by atoms with Crippen LogP contribution < -0.4 is 5.32 Å². The Hall–Kier alpha value is -0.900. The van der Waals surface area contributed by atoms with Crippen molar-refractivity contribution < 1.29 is 4.52 Å².